The van der Waals surface area contributed by atoms with Crippen molar-refractivity contribution in [2.75, 3.05) is 33.4 Å². The molecular weight excluding hydrogens is 344 g/mol. The fourth-order valence-electron chi connectivity index (χ4n) is 3.38. The summed E-state index contributed by atoms with van der Waals surface area (Å²) in [6.07, 6.45) is 2.94. The lowest BCUT2D eigenvalue weighted by Gasteiger charge is -2.32. The van der Waals surface area contributed by atoms with Gasteiger partial charge in [0.15, 0.2) is 0 Å². The number of esters is 1. The number of amides is 1. The number of hydrogen-bond acceptors (Lipinski definition) is 5. The lowest BCUT2D eigenvalue weighted by atomic mass is 9.98. The third-order valence-corrected chi connectivity index (χ3v) is 5.18. The molecule has 2 rings (SSSR count). The van der Waals surface area contributed by atoms with Gasteiger partial charge in [-0.1, -0.05) is 38.5 Å². The highest BCUT2D eigenvalue weighted by atomic mass is 16.5. The van der Waals surface area contributed by atoms with E-state index < -0.39 is 6.04 Å². The van der Waals surface area contributed by atoms with Crippen LogP contribution < -0.4 is 10.1 Å². The highest BCUT2D eigenvalue weighted by molar-refractivity contribution is 5.85. The van der Waals surface area contributed by atoms with Gasteiger partial charge in [-0.15, -0.1) is 0 Å². The van der Waals surface area contributed by atoms with E-state index in [1.807, 2.05) is 44.2 Å². The molecule has 0 radical (unpaired) electrons. The first kappa shape index (κ1) is 21.2. The molecule has 0 spiro atoms. The zero-order valence-electron chi connectivity index (χ0n) is 16.6. The minimum atomic E-state index is -0.588. The smallest absolute Gasteiger partial charge is 0.328 e. The molecule has 1 amide bonds. The minimum absolute atomic E-state index is 0.0368. The lowest BCUT2D eigenvalue weighted by Crippen LogP contribution is -2.50. The molecule has 1 fully saturated rings. The number of likely N-dealkylation sites (tertiary alicyclic amines) is 1. The molecule has 0 bridgehead atoms. The number of nitrogens with zero attached hydrogens (tertiary/aromatic N) is 1. The van der Waals surface area contributed by atoms with Gasteiger partial charge in [0.1, 0.15) is 11.8 Å². The van der Waals surface area contributed by atoms with Gasteiger partial charge in [-0.3, -0.25) is 9.69 Å². The van der Waals surface area contributed by atoms with Crippen LogP contribution in [0.3, 0.4) is 0 Å². The summed E-state index contributed by atoms with van der Waals surface area (Å²) in [6.45, 7) is 6.61. The number of methoxy groups -OCH3 is 1. The molecule has 3 atom stereocenters. The van der Waals surface area contributed by atoms with Gasteiger partial charge in [-0.05, 0) is 37.4 Å². The van der Waals surface area contributed by atoms with Crippen molar-refractivity contribution in [3.05, 3.63) is 30.3 Å². The predicted octanol–water partition coefficient (Wildman–Crippen LogP) is 2.48. The van der Waals surface area contributed by atoms with Crippen LogP contribution in [-0.2, 0) is 14.3 Å². The summed E-state index contributed by atoms with van der Waals surface area (Å²) < 4.78 is 10.7. The van der Waals surface area contributed by atoms with Crippen molar-refractivity contribution in [2.24, 2.45) is 11.8 Å². The van der Waals surface area contributed by atoms with Crippen LogP contribution in [0.4, 0.5) is 0 Å². The molecule has 1 aliphatic heterocycles. The zero-order chi connectivity index (χ0) is 19.6. The predicted molar refractivity (Wildman–Crippen MR) is 105 cm³/mol. The highest BCUT2D eigenvalue weighted by Gasteiger charge is 2.28. The number of ether oxygens (including phenoxy) is 2. The molecule has 6 heteroatoms. The number of rotatable bonds is 9. The van der Waals surface area contributed by atoms with E-state index in [1.54, 1.807) is 0 Å². The number of benzene rings is 1. The summed E-state index contributed by atoms with van der Waals surface area (Å²) in [5, 5.41) is 2.85. The number of piperidine rings is 1. The average Bonchev–Trinajstić information content (AvgIpc) is 2.70. The summed E-state index contributed by atoms with van der Waals surface area (Å²) in [5.41, 5.74) is 0. The van der Waals surface area contributed by atoms with E-state index in [0.29, 0.717) is 19.1 Å². The summed E-state index contributed by atoms with van der Waals surface area (Å²) in [6, 6.07) is 9.21. The van der Waals surface area contributed by atoms with Gasteiger partial charge in [0, 0.05) is 12.5 Å². The van der Waals surface area contributed by atoms with Gasteiger partial charge >= 0.3 is 5.97 Å². The average molecular weight is 376 g/mol. The molecule has 27 heavy (non-hydrogen) atoms. The third kappa shape index (κ3) is 6.86. The molecular formula is C21H32N2O4. The summed E-state index contributed by atoms with van der Waals surface area (Å²) in [4.78, 5) is 26.5. The molecule has 3 unspecified atom stereocenters. The second-order valence-electron chi connectivity index (χ2n) is 7.32. The molecule has 1 aliphatic rings. The van der Waals surface area contributed by atoms with Gasteiger partial charge in [0.25, 0.3) is 0 Å². The van der Waals surface area contributed by atoms with Crippen LogP contribution in [0.25, 0.3) is 0 Å². The van der Waals surface area contributed by atoms with Crippen molar-refractivity contribution >= 4 is 11.9 Å². The Morgan fingerprint density at radius 3 is 2.70 bits per heavy atom. The molecule has 1 aromatic carbocycles. The Morgan fingerprint density at radius 2 is 2.04 bits per heavy atom. The van der Waals surface area contributed by atoms with Crippen LogP contribution in [0.5, 0.6) is 5.75 Å². The highest BCUT2D eigenvalue weighted by Crippen LogP contribution is 2.18. The molecule has 0 aromatic heterocycles. The van der Waals surface area contributed by atoms with Crippen molar-refractivity contribution in [3.63, 3.8) is 0 Å². The molecule has 1 saturated heterocycles. The summed E-state index contributed by atoms with van der Waals surface area (Å²) >= 11 is 0. The van der Waals surface area contributed by atoms with E-state index in [1.165, 1.54) is 7.11 Å². The second-order valence-corrected chi connectivity index (χ2v) is 7.32. The lowest BCUT2D eigenvalue weighted by molar-refractivity contribution is -0.146. The molecule has 150 valence electrons. The largest absolute Gasteiger partial charge is 0.493 e. The number of para-hydroxylation sites is 1. The van der Waals surface area contributed by atoms with E-state index in [2.05, 4.69) is 10.2 Å². The van der Waals surface area contributed by atoms with Crippen LogP contribution in [0.1, 0.15) is 33.1 Å². The normalized spacial score (nSPS) is 19.7. The van der Waals surface area contributed by atoms with Crippen molar-refractivity contribution in [3.8, 4) is 5.75 Å². The van der Waals surface area contributed by atoms with Crippen molar-refractivity contribution in [1.82, 2.24) is 10.2 Å². The van der Waals surface area contributed by atoms with E-state index in [0.717, 1.165) is 38.1 Å². The maximum absolute atomic E-state index is 12.5. The van der Waals surface area contributed by atoms with Gasteiger partial charge in [-0.25, -0.2) is 4.79 Å². The quantitative estimate of drug-likeness (QED) is 0.671. The SMILES string of the molecule is CCC(C)C(NC(=O)CN1CCCC(COc2ccccc2)C1)C(=O)OC. The Kier molecular flexibility index (Phi) is 8.58. The second kappa shape index (κ2) is 10.9. The maximum atomic E-state index is 12.5. The van der Waals surface area contributed by atoms with Crippen LogP contribution in [0.2, 0.25) is 0 Å². The Balaban J connectivity index is 1.81. The minimum Gasteiger partial charge on any atom is -0.493 e. The first-order valence-electron chi connectivity index (χ1n) is 9.80. The monoisotopic (exact) mass is 376 g/mol. The van der Waals surface area contributed by atoms with Gasteiger partial charge in [-0.2, -0.15) is 0 Å². The standard InChI is InChI=1S/C21H32N2O4/c1-4-16(2)20(21(25)26-3)22-19(24)14-23-12-8-9-17(13-23)15-27-18-10-6-5-7-11-18/h5-7,10-11,16-17,20H,4,8-9,12-15H2,1-3H3,(H,22,24). The zero-order valence-corrected chi connectivity index (χ0v) is 16.6. The molecule has 6 nitrogen and oxygen atoms in total. The van der Waals surface area contributed by atoms with Crippen LogP contribution in [-0.4, -0.2) is 56.2 Å². The fraction of sp³-hybridized carbons (Fsp3) is 0.619. The fourth-order valence-corrected chi connectivity index (χ4v) is 3.38. The van der Waals surface area contributed by atoms with Gasteiger partial charge in [0.2, 0.25) is 5.91 Å². The topological polar surface area (TPSA) is 67.9 Å². The van der Waals surface area contributed by atoms with E-state index >= 15 is 0 Å². The summed E-state index contributed by atoms with van der Waals surface area (Å²) in [7, 11) is 1.35. The van der Waals surface area contributed by atoms with E-state index in [4.69, 9.17) is 9.47 Å². The van der Waals surface area contributed by atoms with Crippen molar-refractivity contribution in [2.45, 2.75) is 39.2 Å². The number of nitrogens with one attached hydrogen (secondary N) is 1. The molecule has 0 saturated carbocycles. The number of hydrogen-bond donors (Lipinski definition) is 1. The van der Waals surface area contributed by atoms with E-state index in [9.17, 15) is 9.59 Å². The number of carbonyl (C=O) groups excluding carboxylic acids is 2. The first-order valence-corrected chi connectivity index (χ1v) is 9.80. The van der Waals surface area contributed by atoms with Crippen LogP contribution in [0.15, 0.2) is 30.3 Å². The molecule has 1 N–H and O–H groups in total. The molecule has 1 heterocycles. The van der Waals surface area contributed by atoms with Crippen molar-refractivity contribution < 1.29 is 19.1 Å². The summed E-state index contributed by atoms with van der Waals surface area (Å²) in [5.74, 6) is 0.801. The first-order chi connectivity index (χ1) is 13.0. The Bertz CT molecular complexity index is 593. The van der Waals surface area contributed by atoms with Crippen LogP contribution in [0, 0.1) is 11.8 Å². The molecule has 1 aromatic rings. The maximum Gasteiger partial charge on any atom is 0.328 e. The Labute approximate surface area is 162 Å². The van der Waals surface area contributed by atoms with Gasteiger partial charge in [0.05, 0.1) is 20.3 Å². The number of carbonyl (C=O) groups is 2. The Hall–Kier alpha value is -2.08. The van der Waals surface area contributed by atoms with Gasteiger partial charge < -0.3 is 14.8 Å². The van der Waals surface area contributed by atoms with Crippen molar-refractivity contribution in [1.29, 1.82) is 0 Å². The Morgan fingerprint density at radius 1 is 1.30 bits per heavy atom. The third-order valence-electron chi connectivity index (χ3n) is 5.18. The van der Waals surface area contributed by atoms with E-state index in [-0.39, 0.29) is 17.8 Å². The van der Waals surface area contributed by atoms with Crippen LogP contribution >= 0.6 is 0 Å². The molecule has 0 aliphatic carbocycles.